The summed E-state index contributed by atoms with van der Waals surface area (Å²) in [6.07, 6.45) is 4.74. The van der Waals surface area contributed by atoms with Gasteiger partial charge in [-0.15, -0.1) is 5.10 Å². The van der Waals surface area contributed by atoms with Crippen molar-refractivity contribution in [1.29, 1.82) is 0 Å². The van der Waals surface area contributed by atoms with Gasteiger partial charge in [-0.25, -0.2) is 8.78 Å². The summed E-state index contributed by atoms with van der Waals surface area (Å²) in [6.45, 7) is 0.928. The molecule has 3 aromatic carbocycles. The van der Waals surface area contributed by atoms with E-state index < -0.39 is 17.7 Å². The molecule has 0 spiro atoms. The third kappa shape index (κ3) is 6.09. The van der Waals surface area contributed by atoms with Crippen LogP contribution in [-0.2, 0) is 11.2 Å². The molecule has 1 aliphatic carbocycles. The number of hydrogen-bond acceptors (Lipinski definition) is 5. The summed E-state index contributed by atoms with van der Waals surface area (Å²) >= 11 is 6.35. The van der Waals surface area contributed by atoms with E-state index in [2.05, 4.69) is 39.8 Å². The van der Waals surface area contributed by atoms with Crippen LogP contribution in [0.5, 0.6) is 0 Å². The third-order valence-electron chi connectivity index (χ3n) is 9.16. The van der Waals surface area contributed by atoms with Gasteiger partial charge in [-0.3, -0.25) is 4.79 Å². The van der Waals surface area contributed by atoms with Gasteiger partial charge in [-0.2, -0.15) is 9.41 Å². The van der Waals surface area contributed by atoms with Gasteiger partial charge in [0.2, 0.25) is 11.6 Å². The number of piperidine rings is 1. The van der Waals surface area contributed by atoms with Crippen LogP contribution in [0.3, 0.4) is 0 Å². The normalized spacial score (nSPS) is 18.3. The molecule has 2 aliphatic rings. The highest BCUT2D eigenvalue weighted by atomic mass is 35.5. The Morgan fingerprint density at radius 3 is 2.50 bits per heavy atom. The largest absolute Gasteiger partial charge is 0.618 e. The number of pyridine rings is 1. The number of hydrogen-bond donors (Lipinski definition) is 0. The predicted octanol–water partition coefficient (Wildman–Crippen LogP) is 6.35. The lowest BCUT2D eigenvalue weighted by Crippen LogP contribution is -2.39. The van der Waals surface area contributed by atoms with Crippen LogP contribution in [0.2, 0.25) is 5.02 Å². The number of benzene rings is 3. The van der Waals surface area contributed by atoms with E-state index in [-0.39, 0.29) is 18.3 Å². The average Bonchev–Trinajstić information content (AvgIpc) is 3.42. The van der Waals surface area contributed by atoms with Crippen LogP contribution in [0.1, 0.15) is 53.5 Å². The number of rotatable bonds is 8. The van der Waals surface area contributed by atoms with E-state index >= 15 is 0 Å². The van der Waals surface area contributed by atoms with Gasteiger partial charge in [-0.05, 0) is 76.6 Å². The average molecular weight is 641 g/mol. The highest BCUT2D eigenvalue weighted by Crippen LogP contribution is 2.50. The number of aromatic nitrogens is 5. The molecule has 7 rings (SSSR count). The van der Waals surface area contributed by atoms with Crippen molar-refractivity contribution in [3.05, 3.63) is 130 Å². The van der Waals surface area contributed by atoms with E-state index in [0.29, 0.717) is 59.9 Å². The molecule has 2 fully saturated rings. The van der Waals surface area contributed by atoms with Crippen molar-refractivity contribution in [3.63, 3.8) is 0 Å². The van der Waals surface area contributed by atoms with Crippen molar-refractivity contribution >= 4 is 17.5 Å². The molecule has 3 heterocycles. The number of likely N-dealkylation sites (tertiary alicyclic amines) is 1. The fraction of sp³-hybridized carbons (Fsp3) is 0.286. The smallest absolute Gasteiger partial charge is 0.260 e. The van der Waals surface area contributed by atoms with Gasteiger partial charge in [0.25, 0.3) is 5.92 Å². The van der Waals surface area contributed by atoms with Gasteiger partial charge in [0.1, 0.15) is 12.2 Å². The zero-order chi connectivity index (χ0) is 31.8. The van der Waals surface area contributed by atoms with Gasteiger partial charge in [0.15, 0.2) is 6.20 Å². The summed E-state index contributed by atoms with van der Waals surface area (Å²) in [5, 5.41) is 25.8. The lowest BCUT2D eigenvalue weighted by Gasteiger charge is -2.32. The highest BCUT2D eigenvalue weighted by Gasteiger charge is 2.62. The number of halogens is 3. The highest BCUT2D eigenvalue weighted by molar-refractivity contribution is 6.31. The Morgan fingerprint density at radius 2 is 1.80 bits per heavy atom. The first-order valence-corrected chi connectivity index (χ1v) is 15.7. The Labute approximate surface area is 269 Å². The van der Waals surface area contributed by atoms with Gasteiger partial charge < -0.3 is 10.1 Å². The summed E-state index contributed by atoms with van der Waals surface area (Å²) in [4.78, 5) is 14.1. The number of carbonyl (C=O) groups excluding carboxylic acids is 1. The molecule has 0 N–H and O–H groups in total. The second kappa shape index (κ2) is 12.2. The van der Waals surface area contributed by atoms with Crippen LogP contribution in [0, 0.1) is 11.1 Å². The van der Waals surface area contributed by atoms with E-state index in [1.807, 2.05) is 48.5 Å². The van der Waals surface area contributed by atoms with E-state index in [9.17, 15) is 18.8 Å². The number of amides is 1. The number of alkyl halides is 2. The van der Waals surface area contributed by atoms with Gasteiger partial charge in [-0.1, -0.05) is 66.2 Å². The van der Waals surface area contributed by atoms with Crippen molar-refractivity contribution in [3.8, 4) is 16.8 Å². The van der Waals surface area contributed by atoms with Crippen LogP contribution in [0.15, 0.2) is 97.5 Å². The van der Waals surface area contributed by atoms with Crippen LogP contribution in [0.25, 0.3) is 16.8 Å². The molecule has 2 atom stereocenters. The fourth-order valence-corrected chi connectivity index (χ4v) is 6.71. The Balaban J connectivity index is 1.18. The van der Waals surface area contributed by atoms with Crippen molar-refractivity contribution in [1.82, 2.24) is 25.1 Å². The third-order valence-corrected chi connectivity index (χ3v) is 9.40. The van der Waals surface area contributed by atoms with Crippen molar-refractivity contribution < 1.29 is 18.3 Å². The fourth-order valence-electron chi connectivity index (χ4n) is 6.54. The molecule has 234 valence electrons. The minimum absolute atomic E-state index is 0.190. The van der Waals surface area contributed by atoms with Crippen LogP contribution in [-0.4, -0.2) is 50.0 Å². The zero-order valence-electron chi connectivity index (χ0n) is 24.8. The molecular weight excluding hydrogens is 610 g/mol. The van der Waals surface area contributed by atoms with Gasteiger partial charge in [0, 0.05) is 41.7 Å². The Bertz CT molecular complexity index is 1860. The molecule has 1 aliphatic heterocycles. The standard InChI is InChI=1S/C35H31ClF2N6O2/c36-28-10-12-32(43-22-39-40-41-43)30(19-28)27-9-11-33(44(46)21-27)29(17-23-5-2-1-3-6-23)26-8-4-7-25(18-26)24-13-15-42(16-14-24)34(45)31-20-35(31,37)38/h1-12,18-19,21-22,24,29,31H,13-17,20H2. The maximum atomic E-state index is 13.8. The summed E-state index contributed by atoms with van der Waals surface area (Å²) in [7, 11) is 0. The predicted molar refractivity (Wildman–Crippen MR) is 169 cm³/mol. The second-order valence-corrected chi connectivity index (χ2v) is 12.6. The van der Waals surface area contributed by atoms with Crippen molar-refractivity contribution in [2.45, 2.75) is 43.4 Å². The molecule has 1 saturated carbocycles. The molecule has 2 unspecified atom stereocenters. The Hall–Kier alpha value is -4.70. The molecule has 8 nitrogen and oxygen atoms in total. The molecule has 46 heavy (non-hydrogen) atoms. The molecule has 11 heteroatoms. The van der Waals surface area contributed by atoms with Crippen LogP contribution < -0.4 is 4.73 Å². The topological polar surface area (TPSA) is 90.9 Å². The van der Waals surface area contributed by atoms with E-state index in [4.69, 9.17) is 11.6 Å². The van der Waals surface area contributed by atoms with Gasteiger partial charge in [0.05, 0.1) is 11.6 Å². The first-order valence-electron chi connectivity index (χ1n) is 15.3. The first kappa shape index (κ1) is 30.0. The van der Waals surface area contributed by atoms with Crippen molar-refractivity contribution in [2.24, 2.45) is 5.92 Å². The number of carbonyl (C=O) groups is 1. The van der Waals surface area contributed by atoms with E-state index in [0.717, 1.165) is 21.4 Å². The lowest BCUT2D eigenvalue weighted by molar-refractivity contribution is -0.614. The molecular formula is C35H31ClF2N6O2. The number of tetrazole rings is 1. The monoisotopic (exact) mass is 640 g/mol. The summed E-state index contributed by atoms with van der Waals surface area (Å²) in [6, 6.07) is 27.5. The summed E-state index contributed by atoms with van der Waals surface area (Å²) in [5.74, 6) is -4.48. The first-order chi connectivity index (χ1) is 22.3. The lowest BCUT2D eigenvalue weighted by atomic mass is 9.84. The SMILES string of the molecule is O=C(C1CC1(F)F)N1CCC(c2cccc(C(Cc3ccccc3)c3ccc(-c4cc(Cl)ccc4-n4cnnn4)c[n+]3[O-])c2)CC1. The molecule has 0 bridgehead atoms. The van der Waals surface area contributed by atoms with E-state index in [1.165, 1.54) is 11.0 Å². The minimum atomic E-state index is -2.85. The number of nitrogens with zero attached hydrogens (tertiary/aromatic N) is 6. The molecule has 1 saturated heterocycles. The van der Waals surface area contributed by atoms with Crippen LogP contribution in [0.4, 0.5) is 8.78 Å². The Kier molecular flexibility index (Phi) is 7.98. The molecule has 5 aromatic rings. The van der Waals surface area contributed by atoms with Gasteiger partial charge >= 0.3 is 0 Å². The van der Waals surface area contributed by atoms with E-state index in [1.54, 1.807) is 23.2 Å². The Morgan fingerprint density at radius 1 is 1.02 bits per heavy atom. The summed E-state index contributed by atoms with van der Waals surface area (Å²) in [5.41, 5.74) is 5.90. The zero-order valence-corrected chi connectivity index (χ0v) is 25.6. The summed E-state index contributed by atoms with van der Waals surface area (Å²) < 4.78 is 29.5. The maximum Gasteiger partial charge on any atom is 0.260 e. The maximum absolute atomic E-state index is 13.8. The quantitative estimate of drug-likeness (QED) is 0.146. The van der Waals surface area contributed by atoms with Crippen LogP contribution >= 0.6 is 11.6 Å². The molecule has 2 aromatic heterocycles. The minimum Gasteiger partial charge on any atom is -0.618 e. The molecule has 1 amide bonds. The second-order valence-electron chi connectivity index (χ2n) is 12.1. The van der Waals surface area contributed by atoms with Crippen molar-refractivity contribution in [2.75, 3.05) is 13.1 Å². The molecule has 0 radical (unpaired) electrons.